The number of pyridine rings is 1. The van der Waals surface area contributed by atoms with Crippen LogP contribution in [-0.2, 0) is 19.3 Å². The van der Waals surface area contributed by atoms with E-state index in [0.29, 0.717) is 47.5 Å². The fourth-order valence-corrected chi connectivity index (χ4v) is 3.32. The number of rotatable bonds is 6. The second kappa shape index (κ2) is 8.37. The van der Waals surface area contributed by atoms with Gasteiger partial charge in [0.15, 0.2) is 6.29 Å². The van der Waals surface area contributed by atoms with Gasteiger partial charge in [-0.3, -0.25) is 14.3 Å². The Morgan fingerprint density at radius 3 is 2.50 bits per heavy atom. The molecule has 0 spiro atoms. The number of hydrogen-bond donors (Lipinski definition) is 1. The molecule has 0 saturated heterocycles. The third-order valence-corrected chi connectivity index (χ3v) is 4.64. The van der Waals surface area contributed by atoms with E-state index in [1.807, 2.05) is 19.0 Å². The van der Waals surface area contributed by atoms with Crippen molar-refractivity contribution < 1.29 is 23.1 Å². The average molecular weight is 418 g/mol. The molecule has 0 unspecified atom stereocenters. The first kappa shape index (κ1) is 21.7. The largest absolute Gasteiger partial charge is 0.417 e. The number of aromatic nitrogens is 3. The van der Waals surface area contributed by atoms with Crippen LogP contribution in [0, 0.1) is 6.92 Å². The molecule has 0 aliphatic rings. The Bertz CT molecular complexity index is 1070. The highest BCUT2D eigenvalue weighted by atomic mass is 19.4. The molecule has 3 aromatic rings. The third-order valence-electron chi connectivity index (χ3n) is 4.64. The van der Waals surface area contributed by atoms with Crippen LogP contribution in [0.5, 0.6) is 0 Å². The van der Waals surface area contributed by atoms with Crippen LogP contribution < -0.4 is 0 Å². The first-order valence-electron chi connectivity index (χ1n) is 9.12. The van der Waals surface area contributed by atoms with E-state index in [9.17, 15) is 23.1 Å². The van der Waals surface area contributed by atoms with Gasteiger partial charge in [0.05, 0.1) is 35.8 Å². The van der Waals surface area contributed by atoms with E-state index < -0.39 is 11.7 Å². The normalized spacial score (nSPS) is 11.9. The zero-order chi connectivity index (χ0) is 22.1. The van der Waals surface area contributed by atoms with Crippen molar-refractivity contribution in [3.8, 4) is 16.8 Å². The van der Waals surface area contributed by atoms with Crippen LogP contribution in [0.3, 0.4) is 0 Å². The van der Waals surface area contributed by atoms with E-state index in [2.05, 4.69) is 9.97 Å². The molecule has 3 rings (SSSR count). The summed E-state index contributed by atoms with van der Waals surface area (Å²) in [5.41, 5.74) is 1.02. The van der Waals surface area contributed by atoms with Crippen LogP contribution in [0.15, 0.2) is 36.5 Å². The summed E-state index contributed by atoms with van der Waals surface area (Å²) in [6.07, 6.45) is -3.52. The lowest BCUT2D eigenvalue weighted by molar-refractivity contribution is -0.137. The minimum atomic E-state index is -4.60. The maximum atomic E-state index is 13.3. The minimum Gasteiger partial charge on any atom is -0.390 e. The molecular formula is C21H21F3N4O2. The standard InChI is InChI=1S/C21H21F3N4O2/c1-13-19(12-30)28(20(26-13)10-27(2)3)18-7-5-4-6-15(18)16-8-14(21(22,23)24)9-25-17(16)11-29/h4-9,11,30H,10,12H2,1-3H3. The van der Waals surface area contributed by atoms with Crippen molar-refractivity contribution in [1.29, 1.82) is 0 Å². The van der Waals surface area contributed by atoms with Gasteiger partial charge in [-0.25, -0.2) is 4.98 Å². The van der Waals surface area contributed by atoms with E-state index in [4.69, 9.17) is 0 Å². The Labute approximate surface area is 171 Å². The summed E-state index contributed by atoms with van der Waals surface area (Å²) >= 11 is 0. The molecule has 158 valence electrons. The minimum absolute atomic E-state index is 0.0569. The van der Waals surface area contributed by atoms with Crippen LogP contribution in [0.4, 0.5) is 13.2 Å². The second-order valence-electron chi connectivity index (χ2n) is 7.08. The van der Waals surface area contributed by atoms with Crippen molar-refractivity contribution in [2.45, 2.75) is 26.3 Å². The molecule has 2 heterocycles. The van der Waals surface area contributed by atoms with Crippen molar-refractivity contribution in [2.75, 3.05) is 14.1 Å². The predicted octanol–water partition coefficient (Wildman–Crippen LogP) is 3.63. The first-order chi connectivity index (χ1) is 14.2. The number of aliphatic hydroxyl groups excluding tert-OH is 1. The summed E-state index contributed by atoms with van der Waals surface area (Å²) in [5.74, 6) is 0.613. The quantitative estimate of drug-likeness (QED) is 0.619. The van der Waals surface area contributed by atoms with Gasteiger partial charge in [-0.1, -0.05) is 18.2 Å². The summed E-state index contributed by atoms with van der Waals surface area (Å²) in [7, 11) is 3.72. The number of nitrogens with zero attached hydrogens (tertiary/aromatic N) is 4. The molecule has 0 amide bonds. The number of hydrogen-bond acceptors (Lipinski definition) is 5. The number of carbonyl (C=O) groups excluding carboxylic acids is 1. The number of halogens is 3. The van der Waals surface area contributed by atoms with Crippen LogP contribution in [0.25, 0.3) is 16.8 Å². The van der Waals surface area contributed by atoms with Gasteiger partial charge in [0.2, 0.25) is 0 Å². The first-order valence-corrected chi connectivity index (χ1v) is 9.12. The smallest absolute Gasteiger partial charge is 0.390 e. The highest BCUT2D eigenvalue weighted by Gasteiger charge is 2.32. The molecule has 6 nitrogen and oxygen atoms in total. The number of aryl methyl sites for hydroxylation is 1. The van der Waals surface area contributed by atoms with Crippen molar-refractivity contribution in [3.05, 3.63) is 65.0 Å². The van der Waals surface area contributed by atoms with E-state index in [1.165, 1.54) is 0 Å². The lowest BCUT2D eigenvalue weighted by Gasteiger charge is -2.19. The number of benzene rings is 1. The highest BCUT2D eigenvalue weighted by Crippen LogP contribution is 2.35. The summed E-state index contributed by atoms with van der Waals surface area (Å²) in [4.78, 5) is 21.7. The maximum Gasteiger partial charge on any atom is 0.417 e. The van der Waals surface area contributed by atoms with Gasteiger partial charge in [0.25, 0.3) is 0 Å². The van der Waals surface area contributed by atoms with Gasteiger partial charge < -0.3 is 10.0 Å². The molecule has 1 N–H and O–H groups in total. The molecule has 0 aliphatic heterocycles. The van der Waals surface area contributed by atoms with Crippen molar-refractivity contribution in [1.82, 2.24) is 19.4 Å². The van der Waals surface area contributed by atoms with Gasteiger partial charge in [0, 0.05) is 17.3 Å². The third kappa shape index (κ3) is 4.12. The number of para-hydroxylation sites is 1. The number of imidazole rings is 1. The Morgan fingerprint density at radius 1 is 1.20 bits per heavy atom. The molecular weight excluding hydrogens is 397 g/mol. The molecule has 0 saturated carbocycles. The van der Waals surface area contributed by atoms with Gasteiger partial charge in [-0.2, -0.15) is 13.2 Å². The van der Waals surface area contributed by atoms with E-state index >= 15 is 0 Å². The van der Waals surface area contributed by atoms with Crippen LogP contribution in [-0.4, -0.2) is 44.9 Å². The Kier molecular flexibility index (Phi) is 6.04. The topological polar surface area (TPSA) is 71.2 Å². The molecule has 0 radical (unpaired) electrons. The van der Waals surface area contributed by atoms with Crippen LogP contribution in [0.1, 0.15) is 33.3 Å². The monoisotopic (exact) mass is 418 g/mol. The fourth-order valence-electron chi connectivity index (χ4n) is 3.32. The Balaban J connectivity index is 2.32. The Hall–Kier alpha value is -3.04. The molecule has 0 fully saturated rings. The molecule has 1 aromatic carbocycles. The number of aliphatic hydroxyl groups is 1. The van der Waals surface area contributed by atoms with Crippen LogP contribution in [0.2, 0.25) is 0 Å². The number of carbonyl (C=O) groups is 1. The summed E-state index contributed by atoms with van der Waals surface area (Å²) in [6.45, 7) is 1.89. The average Bonchev–Trinajstić information content (AvgIpc) is 3.00. The fraction of sp³-hybridized carbons (Fsp3) is 0.286. The predicted molar refractivity (Wildman–Crippen MR) is 105 cm³/mol. The van der Waals surface area contributed by atoms with Gasteiger partial charge >= 0.3 is 6.18 Å². The summed E-state index contributed by atoms with van der Waals surface area (Å²) in [6, 6.07) is 7.65. The Morgan fingerprint density at radius 2 is 1.90 bits per heavy atom. The molecule has 2 aromatic heterocycles. The van der Waals surface area contributed by atoms with Crippen molar-refractivity contribution >= 4 is 6.29 Å². The molecule has 0 bridgehead atoms. The molecule has 0 atom stereocenters. The lowest BCUT2D eigenvalue weighted by Crippen LogP contribution is -2.16. The highest BCUT2D eigenvalue weighted by molar-refractivity contribution is 5.88. The van der Waals surface area contributed by atoms with Gasteiger partial charge in [0.1, 0.15) is 11.5 Å². The summed E-state index contributed by atoms with van der Waals surface area (Å²) < 4.78 is 41.6. The number of aldehydes is 1. The van der Waals surface area contributed by atoms with Crippen molar-refractivity contribution in [2.24, 2.45) is 0 Å². The van der Waals surface area contributed by atoms with Crippen LogP contribution >= 0.6 is 0 Å². The maximum absolute atomic E-state index is 13.3. The van der Waals surface area contributed by atoms with E-state index in [0.717, 1.165) is 6.07 Å². The van der Waals surface area contributed by atoms with E-state index in [1.54, 1.807) is 35.8 Å². The lowest BCUT2D eigenvalue weighted by atomic mass is 10.00. The SMILES string of the molecule is Cc1nc(CN(C)C)n(-c2ccccc2-c2cc(C(F)(F)F)cnc2C=O)c1CO. The zero-order valence-electron chi connectivity index (χ0n) is 16.7. The van der Waals surface area contributed by atoms with Crippen molar-refractivity contribution in [3.63, 3.8) is 0 Å². The summed E-state index contributed by atoms with van der Waals surface area (Å²) in [5, 5.41) is 9.93. The molecule has 0 aliphatic carbocycles. The number of alkyl halides is 3. The molecule has 30 heavy (non-hydrogen) atoms. The molecule has 9 heteroatoms. The van der Waals surface area contributed by atoms with Gasteiger partial charge in [-0.15, -0.1) is 0 Å². The van der Waals surface area contributed by atoms with Gasteiger partial charge in [-0.05, 0) is 33.2 Å². The second-order valence-corrected chi connectivity index (χ2v) is 7.08. The zero-order valence-corrected chi connectivity index (χ0v) is 16.7. The van der Waals surface area contributed by atoms with E-state index in [-0.39, 0.29) is 17.9 Å².